The minimum atomic E-state index is -0.527. The number of aliphatic hydroxyl groups excluding tert-OH is 1. The van der Waals surface area contributed by atoms with Crippen LogP contribution < -0.4 is 4.74 Å². The maximum atomic E-state index is 10.3. The average Bonchev–Trinajstić information content (AvgIpc) is 2.39. The summed E-state index contributed by atoms with van der Waals surface area (Å²) in [5.74, 6) is 0.822. The molecule has 0 bridgehead atoms. The van der Waals surface area contributed by atoms with Gasteiger partial charge in [-0.25, -0.2) is 0 Å². The molecule has 94 valence electrons. The summed E-state index contributed by atoms with van der Waals surface area (Å²) in [7, 11) is 1.65. The van der Waals surface area contributed by atoms with Gasteiger partial charge in [0.1, 0.15) is 11.9 Å². The molecule has 1 aliphatic rings. The fourth-order valence-corrected chi connectivity index (χ4v) is 2.32. The second-order valence-electron chi connectivity index (χ2n) is 4.57. The van der Waals surface area contributed by atoms with Gasteiger partial charge in [-0.3, -0.25) is 0 Å². The highest BCUT2D eigenvalue weighted by Crippen LogP contribution is 2.29. The third-order valence-corrected chi connectivity index (χ3v) is 3.36. The lowest BCUT2D eigenvalue weighted by Gasteiger charge is -2.28. The molecule has 3 nitrogen and oxygen atoms in total. The number of hydrogen-bond acceptors (Lipinski definition) is 3. The Balaban J connectivity index is 2.15. The normalized spacial score (nSPS) is 22.2. The van der Waals surface area contributed by atoms with Crippen LogP contribution in [-0.2, 0) is 4.74 Å². The first-order chi connectivity index (χ1) is 8.22. The largest absolute Gasteiger partial charge is 0.497 e. The van der Waals surface area contributed by atoms with Crippen molar-refractivity contribution in [1.82, 2.24) is 0 Å². The standard InChI is InChI=1S/C14H20O3/c1-10-9-11(16-2)6-7-12(10)14(15)13-5-3-4-8-17-13/h6-7,9,13-15H,3-5,8H2,1-2H3. The second kappa shape index (κ2) is 5.52. The maximum absolute atomic E-state index is 10.3. The lowest BCUT2D eigenvalue weighted by molar-refractivity contribution is -0.0635. The highest BCUT2D eigenvalue weighted by molar-refractivity contribution is 5.36. The van der Waals surface area contributed by atoms with E-state index in [0.29, 0.717) is 0 Å². The van der Waals surface area contributed by atoms with E-state index < -0.39 is 6.10 Å². The predicted molar refractivity (Wildman–Crippen MR) is 66.3 cm³/mol. The van der Waals surface area contributed by atoms with Crippen LogP contribution in [0.15, 0.2) is 18.2 Å². The molecule has 1 aromatic carbocycles. The number of ether oxygens (including phenoxy) is 2. The van der Waals surface area contributed by atoms with E-state index in [1.807, 2.05) is 25.1 Å². The summed E-state index contributed by atoms with van der Waals surface area (Å²) in [6, 6.07) is 5.76. The molecule has 2 atom stereocenters. The Hall–Kier alpha value is -1.06. The van der Waals surface area contributed by atoms with Crippen molar-refractivity contribution in [3.05, 3.63) is 29.3 Å². The van der Waals surface area contributed by atoms with E-state index in [9.17, 15) is 5.11 Å². The van der Waals surface area contributed by atoms with Gasteiger partial charge in [0.2, 0.25) is 0 Å². The van der Waals surface area contributed by atoms with Crippen molar-refractivity contribution < 1.29 is 14.6 Å². The van der Waals surface area contributed by atoms with E-state index in [0.717, 1.165) is 42.7 Å². The number of aryl methyl sites for hydroxylation is 1. The average molecular weight is 236 g/mol. The van der Waals surface area contributed by atoms with Gasteiger partial charge in [-0.1, -0.05) is 6.07 Å². The number of benzene rings is 1. The van der Waals surface area contributed by atoms with E-state index in [2.05, 4.69) is 0 Å². The van der Waals surface area contributed by atoms with Gasteiger partial charge in [-0.2, -0.15) is 0 Å². The molecule has 0 saturated carbocycles. The van der Waals surface area contributed by atoms with Crippen LogP contribution in [0, 0.1) is 6.92 Å². The van der Waals surface area contributed by atoms with Gasteiger partial charge in [0.25, 0.3) is 0 Å². The Morgan fingerprint density at radius 1 is 1.41 bits per heavy atom. The SMILES string of the molecule is COc1ccc(C(O)C2CCCCO2)c(C)c1. The summed E-state index contributed by atoms with van der Waals surface area (Å²) in [5.41, 5.74) is 1.99. The quantitative estimate of drug-likeness (QED) is 0.876. The van der Waals surface area contributed by atoms with Crippen molar-refractivity contribution in [2.24, 2.45) is 0 Å². The second-order valence-corrected chi connectivity index (χ2v) is 4.57. The van der Waals surface area contributed by atoms with Gasteiger partial charge < -0.3 is 14.6 Å². The Kier molecular flexibility index (Phi) is 4.02. The van der Waals surface area contributed by atoms with Gasteiger partial charge in [-0.05, 0) is 49.4 Å². The zero-order valence-electron chi connectivity index (χ0n) is 10.5. The van der Waals surface area contributed by atoms with E-state index in [4.69, 9.17) is 9.47 Å². The molecule has 0 aromatic heterocycles. The minimum Gasteiger partial charge on any atom is -0.497 e. The van der Waals surface area contributed by atoms with E-state index in [1.54, 1.807) is 7.11 Å². The fraction of sp³-hybridized carbons (Fsp3) is 0.571. The molecular formula is C14H20O3. The van der Waals surface area contributed by atoms with Crippen LogP contribution >= 0.6 is 0 Å². The molecule has 0 aliphatic carbocycles. The van der Waals surface area contributed by atoms with Crippen molar-refractivity contribution in [3.63, 3.8) is 0 Å². The van der Waals surface area contributed by atoms with E-state index in [-0.39, 0.29) is 6.10 Å². The Morgan fingerprint density at radius 3 is 2.82 bits per heavy atom. The van der Waals surface area contributed by atoms with Gasteiger partial charge >= 0.3 is 0 Å². The van der Waals surface area contributed by atoms with Gasteiger partial charge in [-0.15, -0.1) is 0 Å². The van der Waals surface area contributed by atoms with Gasteiger partial charge in [0.05, 0.1) is 13.2 Å². The molecule has 2 unspecified atom stereocenters. The highest BCUT2D eigenvalue weighted by Gasteiger charge is 2.25. The minimum absolute atomic E-state index is 0.0594. The summed E-state index contributed by atoms with van der Waals surface area (Å²) in [4.78, 5) is 0. The van der Waals surface area contributed by atoms with Crippen molar-refractivity contribution in [2.75, 3.05) is 13.7 Å². The first-order valence-corrected chi connectivity index (χ1v) is 6.16. The predicted octanol–water partition coefficient (Wildman–Crippen LogP) is 2.61. The smallest absolute Gasteiger partial charge is 0.119 e. The number of methoxy groups -OCH3 is 1. The molecule has 1 aliphatic heterocycles. The van der Waals surface area contributed by atoms with Crippen LogP contribution in [0.25, 0.3) is 0 Å². The molecule has 1 heterocycles. The first-order valence-electron chi connectivity index (χ1n) is 6.16. The Bertz CT molecular complexity index is 370. The summed E-state index contributed by atoms with van der Waals surface area (Å²) < 4.78 is 10.8. The maximum Gasteiger partial charge on any atom is 0.119 e. The van der Waals surface area contributed by atoms with Crippen LogP contribution in [-0.4, -0.2) is 24.9 Å². The third kappa shape index (κ3) is 2.79. The lowest BCUT2D eigenvalue weighted by Crippen LogP contribution is -2.26. The molecule has 2 rings (SSSR count). The zero-order valence-corrected chi connectivity index (χ0v) is 10.5. The summed E-state index contributed by atoms with van der Waals surface area (Å²) in [5, 5.41) is 10.3. The van der Waals surface area contributed by atoms with E-state index >= 15 is 0 Å². The molecule has 0 amide bonds. The van der Waals surface area contributed by atoms with Crippen LogP contribution in [0.3, 0.4) is 0 Å². The molecule has 1 aromatic rings. The van der Waals surface area contributed by atoms with Crippen molar-refractivity contribution in [2.45, 2.75) is 38.4 Å². The zero-order chi connectivity index (χ0) is 12.3. The lowest BCUT2D eigenvalue weighted by atomic mass is 9.95. The summed E-state index contributed by atoms with van der Waals surface area (Å²) in [6.07, 6.45) is 2.59. The first kappa shape index (κ1) is 12.4. The van der Waals surface area contributed by atoms with Crippen LogP contribution in [0.4, 0.5) is 0 Å². The van der Waals surface area contributed by atoms with Crippen LogP contribution in [0.5, 0.6) is 5.75 Å². The molecular weight excluding hydrogens is 216 g/mol. The molecule has 3 heteroatoms. The fourth-order valence-electron chi connectivity index (χ4n) is 2.32. The molecule has 1 saturated heterocycles. The summed E-state index contributed by atoms with van der Waals surface area (Å²) >= 11 is 0. The van der Waals surface area contributed by atoms with Crippen molar-refractivity contribution >= 4 is 0 Å². The number of rotatable bonds is 3. The molecule has 0 radical (unpaired) electrons. The molecule has 17 heavy (non-hydrogen) atoms. The number of aliphatic hydroxyl groups is 1. The topological polar surface area (TPSA) is 38.7 Å². The number of hydrogen-bond donors (Lipinski definition) is 1. The monoisotopic (exact) mass is 236 g/mol. The van der Waals surface area contributed by atoms with E-state index in [1.165, 1.54) is 0 Å². The molecule has 1 N–H and O–H groups in total. The Labute approximate surface area is 102 Å². The van der Waals surface area contributed by atoms with Gasteiger partial charge in [0.15, 0.2) is 0 Å². The van der Waals surface area contributed by atoms with Crippen molar-refractivity contribution in [1.29, 1.82) is 0 Å². The molecule has 1 fully saturated rings. The van der Waals surface area contributed by atoms with Crippen LogP contribution in [0.2, 0.25) is 0 Å². The summed E-state index contributed by atoms with van der Waals surface area (Å²) in [6.45, 7) is 2.75. The van der Waals surface area contributed by atoms with Crippen molar-refractivity contribution in [3.8, 4) is 5.75 Å². The molecule has 0 spiro atoms. The van der Waals surface area contributed by atoms with Crippen LogP contribution in [0.1, 0.15) is 36.5 Å². The highest BCUT2D eigenvalue weighted by atomic mass is 16.5. The van der Waals surface area contributed by atoms with Gasteiger partial charge in [0, 0.05) is 6.61 Å². The third-order valence-electron chi connectivity index (χ3n) is 3.36. The Morgan fingerprint density at radius 2 is 2.24 bits per heavy atom.